The first-order chi connectivity index (χ1) is 8.70. The third-order valence-electron chi connectivity index (χ3n) is 3.10. The molecule has 96 valence electrons. The van der Waals surface area contributed by atoms with Crippen molar-refractivity contribution in [1.29, 1.82) is 0 Å². The number of hydrogen-bond donors (Lipinski definition) is 1. The first-order valence-electron chi connectivity index (χ1n) is 6.15. The third-order valence-corrected chi connectivity index (χ3v) is 4.06. The molecule has 0 saturated carbocycles. The number of nitrogens with zero attached hydrogens (tertiary/aromatic N) is 1. The van der Waals surface area contributed by atoms with Crippen LogP contribution in [0.5, 0.6) is 0 Å². The molecule has 4 nitrogen and oxygen atoms in total. The fourth-order valence-corrected chi connectivity index (χ4v) is 3.04. The van der Waals surface area contributed by atoms with Gasteiger partial charge in [0.25, 0.3) is 5.22 Å². The minimum Gasteiger partial charge on any atom is -0.431 e. The van der Waals surface area contributed by atoms with Gasteiger partial charge in [0.15, 0.2) is 5.58 Å². The van der Waals surface area contributed by atoms with E-state index >= 15 is 0 Å². The second kappa shape index (κ2) is 4.82. The molecule has 2 atom stereocenters. The fourth-order valence-electron chi connectivity index (χ4n) is 2.16. The van der Waals surface area contributed by atoms with Gasteiger partial charge in [0.2, 0.25) is 0 Å². The van der Waals surface area contributed by atoms with E-state index in [4.69, 9.17) is 14.9 Å². The molecular formula is C13H16N2O2S. The normalized spacial score (nSPS) is 23.8. The van der Waals surface area contributed by atoms with E-state index in [0.29, 0.717) is 23.1 Å². The predicted molar refractivity (Wildman–Crippen MR) is 72.7 cm³/mol. The molecule has 0 bridgehead atoms. The molecule has 1 aliphatic heterocycles. The first kappa shape index (κ1) is 11.9. The highest BCUT2D eigenvalue weighted by molar-refractivity contribution is 7.99. The van der Waals surface area contributed by atoms with Crippen LogP contribution >= 0.6 is 11.8 Å². The Morgan fingerprint density at radius 2 is 2.33 bits per heavy atom. The standard InChI is InChI=1S/C13H16N2O2S/c1-8-2-4-10(16-8)7-18-13-15-11-6-9(14)3-5-12(11)17-13/h3,5-6,8,10H,2,4,7,14H2,1H3. The molecule has 1 aromatic carbocycles. The van der Waals surface area contributed by atoms with Crippen LogP contribution in [-0.2, 0) is 4.74 Å². The van der Waals surface area contributed by atoms with Crippen molar-refractivity contribution in [2.45, 2.75) is 37.2 Å². The summed E-state index contributed by atoms with van der Waals surface area (Å²) >= 11 is 1.61. The van der Waals surface area contributed by atoms with E-state index in [1.165, 1.54) is 0 Å². The zero-order valence-corrected chi connectivity index (χ0v) is 11.1. The zero-order chi connectivity index (χ0) is 12.5. The smallest absolute Gasteiger partial charge is 0.256 e. The number of benzene rings is 1. The summed E-state index contributed by atoms with van der Waals surface area (Å²) in [6, 6.07) is 5.51. The van der Waals surface area contributed by atoms with Crippen LogP contribution in [0, 0.1) is 0 Å². The predicted octanol–water partition coefficient (Wildman–Crippen LogP) is 3.07. The van der Waals surface area contributed by atoms with E-state index in [2.05, 4.69) is 11.9 Å². The van der Waals surface area contributed by atoms with Crippen molar-refractivity contribution < 1.29 is 9.15 Å². The molecule has 1 aliphatic rings. The van der Waals surface area contributed by atoms with Gasteiger partial charge in [0.1, 0.15) is 5.52 Å². The van der Waals surface area contributed by atoms with E-state index in [0.717, 1.165) is 29.7 Å². The summed E-state index contributed by atoms with van der Waals surface area (Å²) in [5.41, 5.74) is 8.02. The van der Waals surface area contributed by atoms with Gasteiger partial charge in [-0.05, 0) is 38.0 Å². The summed E-state index contributed by atoms with van der Waals surface area (Å²) in [5.74, 6) is 0.895. The Bertz CT molecular complexity index is 555. The molecule has 3 rings (SSSR count). The average molecular weight is 264 g/mol. The SMILES string of the molecule is CC1CCC(CSc2nc3cc(N)ccc3o2)O1. The molecule has 5 heteroatoms. The third kappa shape index (κ3) is 2.47. The summed E-state index contributed by atoms with van der Waals surface area (Å²) in [6.45, 7) is 2.12. The maximum Gasteiger partial charge on any atom is 0.256 e. The van der Waals surface area contributed by atoms with Gasteiger partial charge in [-0.1, -0.05) is 11.8 Å². The monoisotopic (exact) mass is 264 g/mol. The van der Waals surface area contributed by atoms with Crippen LogP contribution in [0.25, 0.3) is 11.1 Å². The molecule has 2 heterocycles. The van der Waals surface area contributed by atoms with Gasteiger partial charge in [-0.15, -0.1) is 0 Å². The fraction of sp³-hybridized carbons (Fsp3) is 0.462. The lowest BCUT2D eigenvalue weighted by molar-refractivity contribution is 0.0699. The number of oxazole rings is 1. The molecule has 2 aromatic rings. The zero-order valence-electron chi connectivity index (χ0n) is 10.3. The van der Waals surface area contributed by atoms with Gasteiger partial charge in [-0.25, -0.2) is 4.98 Å². The summed E-state index contributed by atoms with van der Waals surface area (Å²) in [7, 11) is 0. The quantitative estimate of drug-likeness (QED) is 0.682. The van der Waals surface area contributed by atoms with Gasteiger partial charge >= 0.3 is 0 Å². The van der Waals surface area contributed by atoms with Gasteiger partial charge in [-0.3, -0.25) is 0 Å². The lowest BCUT2D eigenvalue weighted by atomic mass is 10.2. The molecule has 1 saturated heterocycles. The van der Waals surface area contributed by atoms with E-state index in [1.54, 1.807) is 11.8 Å². The number of thioether (sulfide) groups is 1. The molecule has 2 unspecified atom stereocenters. The second-order valence-corrected chi connectivity index (χ2v) is 5.64. The van der Waals surface area contributed by atoms with Crippen LogP contribution in [0.2, 0.25) is 0 Å². The van der Waals surface area contributed by atoms with Gasteiger partial charge in [-0.2, -0.15) is 0 Å². The van der Waals surface area contributed by atoms with E-state index < -0.39 is 0 Å². The number of ether oxygens (including phenoxy) is 1. The lowest BCUT2D eigenvalue weighted by Gasteiger charge is -2.08. The minimum absolute atomic E-state index is 0.324. The maximum absolute atomic E-state index is 5.77. The second-order valence-electron chi connectivity index (χ2n) is 4.66. The number of rotatable bonds is 3. The van der Waals surface area contributed by atoms with Crippen LogP contribution in [0.1, 0.15) is 19.8 Å². The maximum atomic E-state index is 5.77. The summed E-state index contributed by atoms with van der Waals surface area (Å²) in [6.07, 6.45) is 2.99. The Morgan fingerprint density at radius 1 is 1.44 bits per heavy atom. The van der Waals surface area contributed by atoms with Crippen LogP contribution < -0.4 is 5.73 Å². The molecule has 2 N–H and O–H groups in total. The highest BCUT2D eigenvalue weighted by atomic mass is 32.2. The minimum atomic E-state index is 0.324. The van der Waals surface area contributed by atoms with E-state index in [-0.39, 0.29) is 0 Å². The number of hydrogen-bond acceptors (Lipinski definition) is 5. The molecule has 0 amide bonds. The van der Waals surface area contributed by atoms with Gasteiger partial charge in [0, 0.05) is 11.4 Å². The largest absolute Gasteiger partial charge is 0.431 e. The van der Waals surface area contributed by atoms with E-state index in [9.17, 15) is 0 Å². The highest BCUT2D eigenvalue weighted by Gasteiger charge is 2.22. The van der Waals surface area contributed by atoms with Crippen molar-refractivity contribution in [3.8, 4) is 0 Å². The molecular weight excluding hydrogens is 248 g/mol. The number of fused-ring (bicyclic) bond motifs is 1. The van der Waals surface area contributed by atoms with Gasteiger partial charge in [0.05, 0.1) is 12.2 Å². The first-order valence-corrected chi connectivity index (χ1v) is 7.13. The van der Waals surface area contributed by atoms with Crippen LogP contribution in [0.15, 0.2) is 27.8 Å². The van der Waals surface area contributed by atoms with Crippen LogP contribution in [0.4, 0.5) is 5.69 Å². The Kier molecular flexibility index (Phi) is 3.18. The molecule has 1 fully saturated rings. The number of nitrogens with two attached hydrogens (primary N) is 1. The Morgan fingerprint density at radius 3 is 3.11 bits per heavy atom. The average Bonchev–Trinajstić information content (AvgIpc) is 2.92. The Balaban J connectivity index is 1.67. The van der Waals surface area contributed by atoms with Gasteiger partial charge < -0.3 is 14.9 Å². The molecule has 0 spiro atoms. The van der Waals surface area contributed by atoms with Crippen LogP contribution in [0.3, 0.4) is 0 Å². The van der Waals surface area contributed by atoms with Crippen molar-refractivity contribution in [3.63, 3.8) is 0 Å². The molecule has 0 radical (unpaired) electrons. The summed E-state index contributed by atoms with van der Waals surface area (Å²) < 4.78 is 11.4. The summed E-state index contributed by atoms with van der Waals surface area (Å²) in [4.78, 5) is 4.41. The van der Waals surface area contributed by atoms with Crippen molar-refractivity contribution in [1.82, 2.24) is 4.98 Å². The Hall–Kier alpha value is -1.20. The highest BCUT2D eigenvalue weighted by Crippen LogP contribution is 2.28. The molecule has 0 aliphatic carbocycles. The topological polar surface area (TPSA) is 61.3 Å². The number of nitrogen functional groups attached to an aromatic ring is 1. The van der Waals surface area contributed by atoms with Crippen molar-refractivity contribution in [3.05, 3.63) is 18.2 Å². The summed E-state index contributed by atoms with van der Waals surface area (Å²) in [5, 5.41) is 0.693. The molecule has 1 aromatic heterocycles. The Labute approximate surface area is 110 Å². The molecule has 18 heavy (non-hydrogen) atoms. The van der Waals surface area contributed by atoms with Crippen molar-refractivity contribution in [2.75, 3.05) is 11.5 Å². The van der Waals surface area contributed by atoms with E-state index in [1.807, 2.05) is 18.2 Å². The van der Waals surface area contributed by atoms with Crippen molar-refractivity contribution >= 4 is 28.5 Å². The lowest BCUT2D eigenvalue weighted by Crippen LogP contribution is -2.10. The number of aromatic nitrogens is 1. The van der Waals surface area contributed by atoms with Crippen molar-refractivity contribution in [2.24, 2.45) is 0 Å². The van der Waals surface area contributed by atoms with Crippen LogP contribution in [-0.4, -0.2) is 22.9 Å². The number of anilines is 1.